The first-order chi connectivity index (χ1) is 20.5. The van der Waals surface area contributed by atoms with Crippen LogP contribution in [0.2, 0.25) is 0 Å². The standard InChI is InChI=1S/C39H28BrNO/c1-39(2)32-18-8-6-15-28(32)29-23-22-26(24-33(29)39)41(35-20-9-7-14-27(35)25-12-4-3-5-13-25)36-21-11-17-31-30-16-10-19-34(40)37(30)42-38(31)36/h3-24H,1-2H3. The second-order valence-electron chi connectivity index (χ2n) is 11.5. The van der Waals surface area contributed by atoms with E-state index in [9.17, 15) is 0 Å². The highest BCUT2D eigenvalue weighted by molar-refractivity contribution is 9.10. The number of benzene rings is 6. The smallest absolute Gasteiger partial charge is 0.159 e. The molecule has 1 aliphatic rings. The van der Waals surface area contributed by atoms with E-state index in [1.54, 1.807) is 0 Å². The van der Waals surface area contributed by atoms with Crippen molar-refractivity contribution in [3.63, 3.8) is 0 Å². The van der Waals surface area contributed by atoms with Crippen molar-refractivity contribution in [2.75, 3.05) is 4.90 Å². The number of rotatable bonds is 4. The molecule has 1 aromatic heterocycles. The fourth-order valence-electron chi connectivity index (χ4n) is 6.72. The van der Waals surface area contributed by atoms with Gasteiger partial charge in [0.1, 0.15) is 5.58 Å². The van der Waals surface area contributed by atoms with Gasteiger partial charge in [-0.15, -0.1) is 0 Å². The zero-order valence-corrected chi connectivity index (χ0v) is 25.0. The van der Waals surface area contributed by atoms with Gasteiger partial charge in [0.25, 0.3) is 0 Å². The molecule has 0 aliphatic heterocycles. The summed E-state index contributed by atoms with van der Waals surface area (Å²) in [7, 11) is 0. The highest BCUT2D eigenvalue weighted by Crippen LogP contribution is 2.52. The second kappa shape index (κ2) is 9.47. The molecule has 0 N–H and O–H groups in total. The van der Waals surface area contributed by atoms with Crippen molar-refractivity contribution >= 4 is 54.9 Å². The van der Waals surface area contributed by atoms with Crippen LogP contribution in [0, 0.1) is 0 Å². The molecule has 7 aromatic rings. The monoisotopic (exact) mass is 605 g/mol. The van der Waals surface area contributed by atoms with E-state index >= 15 is 0 Å². The first-order valence-corrected chi connectivity index (χ1v) is 15.1. The van der Waals surface area contributed by atoms with Crippen molar-refractivity contribution < 1.29 is 4.42 Å². The number of halogens is 1. The molecule has 2 nitrogen and oxygen atoms in total. The summed E-state index contributed by atoms with van der Waals surface area (Å²) in [5.74, 6) is 0. The molecule has 1 heterocycles. The summed E-state index contributed by atoms with van der Waals surface area (Å²) >= 11 is 3.72. The number of anilines is 3. The Balaban J connectivity index is 1.43. The van der Waals surface area contributed by atoms with E-state index in [1.165, 1.54) is 27.8 Å². The van der Waals surface area contributed by atoms with Crippen LogP contribution in [0.25, 0.3) is 44.2 Å². The van der Waals surface area contributed by atoms with Crippen LogP contribution in [0.5, 0.6) is 0 Å². The second-order valence-corrected chi connectivity index (χ2v) is 12.3. The Morgan fingerprint density at radius 3 is 2.02 bits per heavy atom. The van der Waals surface area contributed by atoms with Gasteiger partial charge in [-0.2, -0.15) is 0 Å². The van der Waals surface area contributed by atoms with Crippen LogP contribution in [-0.4, -0.2) is 0 Å². The summed E-state index contributed by atoms with van der Waals surface area (Å²) in [6.45, 7) is 4.67. The zero-order valence-electron chi connectivity index (χ0n) is 23.4. The van der Waals surface area contributed by atoms with E-state index in [-0.39, 0.29) is 5.41 Å². The van der Waals surface area contributed by atoms with E-state index in [2.05, 4.69) is 162 Å². The lowest BCUT2D eigenvalue weighted by atomic mass is 9.82. The van der Waals surface area contributed by atoms with Crippen LogP contribution >= 0.6 is 15.9 Å². The van der Waals surface area contributed by atoms with Crippen LogP contribution in [0.1, 0.15) is 25.0 Å². The molecule has 0 fully saturated rings. The summed E-state index contributed by atoms with van der Waals surface area (Å²) in [6.07, 6.45) is 0. The van der Waals surface area contributed by atoms with E-state index in [0.29, 0.717) is 0 Å². The van der Waals surface area contributed by atoms with Gasteiger partial charge >= 0.3 is 0 Å². The molecule has 3 heteroatoms. The van der Waals surface area contributed by atoms with Crippen LogP contribution in [0.3, 0.4) is 0 Å². The Hall–Kier alpha value is -4.60. The van der Waals surface area contributed by atoms with E-state index in [4.69, 9.17) is 4.42 Å². The molecule has 0 spiro atoms. The molecule has 0 atom stereocenters. The minimum Gasteiger partial charge on any atom is -0.453 e. The van der Waals surface area contributed by atoms with Crippen molar-refractivity contribution in [2.45, 2.75) is 19.3 Å². The van der Waals surface area contributed by atoms with Crippen LogP contribution in [-0.2, 0) is 5.41 Å². The maximum atomic E-state index is 6.68. The molecule has 42 heavy (non-hydrogen) atoms. The summed E-state index contributed by atoms with van der Waals surface area (Å²) in [5, 5.41) is 2.20. The summed E-state index contributed by atoms with van der Waals surface area (Å²) in [6, 6.07) is 47.7. The van der Waals surface area contributed by atoms with Crippen molar-refractivity contribution in [3.8, 4) is 22.3 Å². The van der Waals surface area contributed by atoms with Gasteiger partial charge in [-0.1, -0.05) is 117 Å². The highest BCUT2D eigenvalue weighted by Gasteiger charge is 2.36. The lowest BCUT2D eigenvalue weighted by Gasteiger charge is -2.29. The molecule has 0 amide bonds. The normalized spacial score (nSPS) is 13.3. The van der Waals surface area contributed by atoms with E-state index in [0.717, 1.165) is 49.0 Å². The summed E-state index contributed by atoms with van der Waals surface area (Å²) < 4.78 is 7.63. The third-order valence-electron chi connectivity index (χ3n) is 8.75. The van der Waals surface area contributed by atoms with Crippen molar-refractivity contribution in [2.24, 2.45) is 0 Å². The highest BCUT2D eigenvalue weighted by atomic mass is 79.9. The van der Waals surface area contributed by atoms with Gasteiger partial charge in [0.05, 0.1) is 15.8 Å². The van der Waals surface area contributed by atoms with Gasteiger partial charge in [-0.25, -0.2) is 0 Å². The molecular weight excluding hydrogens is 578 g/mol. The predicted molar refractivity (Wildman–Crippen MR) is 179 cm³/mol. The van der Waals surface area contributed by atoms with Crippen LogP contribution < -0.4 is 4.90 Å². The Kier molecular flexibility index (Phi) is 5.67. The largest absolute Gasteiger partial charge is 0.453 e. The minimum absolute atomic E-state index is 0.108. The number of nitrogens with zero attached hydrogens (tertiary/aromatic N) is 1. The average molecular weight is 607 g/mol. The molecule has 0 radical (unpaired) electrons. The van der Waals surface area contributed by atoms with Crippen LogP contribution in [0.15, 0.2) is 142 Å². The van der Waals surface area contributed by atoms with Gasteiger partial charge < -0.3 is 9.32 Å². The summed E-state index contributed by atoms with van der Waals surface area (Å²) in [4.78, 5) is 2.38. The van der Waals surface area contributed by atoms with Crippen LogP contribution in [0.4, 0.5) is 17.1 Å². The average Bonchev–Trinajstić information content (AvgIpc) is 3.52. The maximum absolute atomic E-state index is 6.68. The molecular formula is C39H28BrNO. The minimum atomic E-state index is -0.108. The molecule has 1 aliphatic carbocycles. The van der Waals surface area contributed by atoms with E-state index < -0.39 is 0 Å². The predicted octanol–water partition coefficient (Wildman–Crippen LogP) is 11.8. The fraction of sp³-hybridized carbons (Fsp3) is 0.0769. The van der Waals surface area contributed by atoms with Gasteiger partial charge in [0.15, 0.2) is 5.58 Å². The molecule has 0 saturated heterocycles. The molecule has 8 rings (SSSR count). The molecule has 6 aromatic carbocycles. The molecule has 202 valence electrons. The molecule has 0 bridgehead atoms. The lowest BCUT2D eigenvalue weighted by Crippen LogP contribution is -2.17. The number of hydrogen-bond donors (Lipinski definition) is 0. The zero-order chi connectivity index (χ0) is 28.4. The Morgan fingerprint density at radius 2 is 1.19 bits per heavy atom. The molecule has 0 unspecified atom stereocenters. The van der Waals surface area contributed by atoms with E-state index in [1.807, 2.05) is 6.07 Å². The number of furan rings is 1. The molecule has 0 saturated carbocycles. The van der Waals surface area contributed by atoms with Crippen molar-refractivity contribution in [1.29, 1.82) is 0 Å². The Labute approximate surface area is 254 Å². The number of hydrogen-bond acceptors (Lipinski definition) is 2. The Bertz CT molecular complexity index is 2140. The fourth-order valence-corrected chi connectivity index (χ4v) is 7.16. The lowest BCUT2D eigenvalue weighted by molar-refractivity contribution is 0.660. The third-order valence-corrected chi connectivity index (χ3v) is 9.38. The first-order valence-electron chi connectivity index (χ1n) is 14.3. The van der Waals surface area contributed by atoms with Gasteiger partial charge in [-0.3, -0.25) is 0 Å². The maximum Gasteiger partial charge on any atom is 0.159 e. The quantitative estimate of drug-likeness (QED) is 0.198. The van der Waals surface area contributed by atoms with Gasteiger partial charge in [0.2, 0.25) is 0 Å². The van der Waals surface area contributed by atoms with Crippen molar-refractivity contribution in [1.82, 2.24) is 0 Å². The Morgan fingerprint density at radius 1 is 0.548 bits per heavy atom. The van der Waals surface area contributed by atoms with Crippen molar-refractivity contribution in [3.05, 3.63) is 149 Å². The summed E-state index contributed by atoms with van der Waals surface area (Å²) in [5.41, 5.74) is 12.5. The number of fused-ring (bicyclic) bond motifs is 6. The first kappa shape index (κ1) is 25.1. The third kappa shape index (κ3) is 3.70. The van der Waals surface area contributed by atoms with Gasteiger partial charge in [0, 0.05) is 27.4 Å². The topological polar surface area (TPSA) is 16.4 Å². The SMILES string of the molecule is CC1(C)c2ccccc2-c2ccc(N(c3ccccc3-c3ccccc3)c3cccc4c3oc3c(Br)cccc34)cc21. The number of para-hydroxylation sites is 3. The van der Waals surface area contributed by atoms with Gasteiger partial charge in [-0.05, 0) is 74.1 Å².